The van der Waals surface area contributed by atoms with Gasteiger partial charge in [0.05, 0.1) is 28.4 Å². The molecule has 0 saturated heterocycles. The quantitative estimate of drug-likeness (QED) is 0.687. The maximum absolute atomic E-state index is 12.7. The Hall–Kier alpha value is -2.13. The van der Waals surface area contributed by atoms with Crippen molar-refractivity contribution >= 4 is 29.1 Å². The van der Waals surface area contributed by atoms with Gasteiger partial charge in [-0.25, -0.2) is 0 Å². The number of hydrogen-bond donors (Lipinski definition) is 1. The molecule has 1 heterocycles. The zero-order valence-corrected chi connectivity index (χ0v) is 17.8. The first-order valence-corrected chi connectivity index (χ1v) is 9.77. The van der Waals surface area contributed by atoms with Gasteiger partial charge in [0.15, 0.2) is 0 Å². The Morgan fingerprint density at radius 3 is 2.57 bits per heavy atom. The van der Waals surface area contributed by atoms with Crippen LogP contribution in [0.25, 0.3) is 0 Å². The van der Waals surface area contributed by atoms with Gasteiger partial charge in [-0.3, -0.25) is 14.7 Å². The zero-order valence-electron chi connectivity index (χ0n) is 16.2. The van der Waals surface area contributed by atoms with Gasteiger partial charge in [-0.2, -0.15) is 5.26 Å². The second kappa shape index (κ2) is 9.88. The molecule has 148 valence electrons. The maximum atomic E-state index is 12.7. The maximum Gasteiger partial charge on any atom is 0.235 e. The topological polar surface area (TPSA) is 69.0 Å². The average Bonchev–Trinajstić information content (AvgIpc) is 2.65. The van der Waals surface area contributed by atoms with E-state index in [1.807, 2.05) is 43.0 Å². The Balaban J connectivity index is 2.16. The molecule has 1 amide bonds. The molecule has 1 N–H and O–H groups in total. The van der Waals surface area contributed by atoms with Gasteiger partial charge in [-0.05, 0) is 42.7 Å². The second-order valence-electron chi connectivity index (χ2n) is 7.23. The molecule has 0 saturated carbocycles. The van der Waals surface area contributed by atoms with E-state index < -0.39 is 5.54 Å². The molecule has 0 aliphatic heterocycles. The number of carbonyl (C=O) groups is 1. The summed E-state index contributed by atoms with van der Waals surface area (Å²) in [6.45, 7) is 6.65. The van der Waals surface area contributed by atoms with E-state index >= 15 is 0 Å². The summed E-state index contributed by atoms with van der Waals surface area (Å²) in [4.78, 5) is 19.0. The smallest absolute Gasteiger partial charge is 0.235 e. The minimum atomic E-state index is -0.919. The predicted molar refractivity (Wildman–Crippen MR) is 112 cm³/mol. The summed E-state index contributed by atoms with van der Waals surface area (Å²) in [6, 6.07) is 13.3. The second-order valence-corrected chi connectivity index (χ2v) is 8.05. The van der Waals surface area contributed by atoms with E-state index in [0.717, 1.165) is 11.3 Å². The fraction of sp³-hybridized carbons (Fsp3) is 0.381. The number of aromatic nitrogens is 1. The number of amides is 1. The van der Waals surface area contributed by atoms with Gasteiger partial charge in [-0.1, -0.05) is 49.2 Å². The SMILES string of the molecule is CC(C)[C@@](C)(C#N)NC(=O)CN(Cc1ccc(Cl)c(Cl)c1)Cc1ccccn1. The first-order valence-electron chi connectivity index (χ1n) is 9.02. The lowest BCUT2D eigenvalue weighted by Gasteiger charge is -2.29. The van der Waals surface area contributed by atoms with Crippen molar-refractivity contribution < 1.29 is 4.79 Å². The summed E-state index contributed by atoms with van der Waals surface area (Å²) in [7, 11) is 0. The number of nitriles is 1. The van der Waals surface area contributed by atoms with Crippen molar-refractivity contribution in [2.24, 2.45) is 5.92 Å². The molecule has 28 heavy (non-hydrogen) atoms. The molecule has 0 spiro atoms. The predicted octanol–water partition coefficient (Wildman–Crippen LogP) is 4.45. The Morgan fingerprint density at radius 2 is 2.00 bits per heavy atom. The number of rotatable bonds is 8. The third-order valence-electron chi connectivity index (χ3n) is 4.66. The van der Waals surface area contributed by atoms with E-state index in [9.17, 15) is 10.1 Å². The molecule has 0 aliphatic rings. The van der Waals surface area contributed by atoms with Gasteiger partial charge in [0.2, 0.25) is 5.91 Å². The van der Waals surface area contributed by atoms with Crippen molar-refractivity contribution in [2.45, 2.75) is 39.4 Å². The highest BCUT2D eigenvalue weighted by molar-refractivity contribution is 6.42. The fourth-order valence-corrected chi connectivity index (χ4v) is 2.94. The van der Waals surface area contributed by atoms with Crippen molar-refractivity contribution in [1.29, 1.82) is 5.26 Å². The molecule has 2 rings (SSSR count). The molecule has 1 atom stereocenters. The van der Waals surface area contributed by atoms with Crippen LogP contribution >= 0.6 is 23.2 Å². The molecular weight excluding hydrogens is 395 g/mol. The van der Waals surface area contributed by atoms with Gasteiger partial charge in [0.1, 0.15) is 5.54 Å². The Morgan fingerprint density at radius 1 is 1.25 bits per heavy atom. The Kier molecular flexibility index (Phi) is 7.82. The molecule has 0 aliphatic carbocycles. The van der Waals surface area contributed by atoms with Crippen molar-refractivity contribution in [3.63, 3.8) is 0 Å². The van der Waals surface area contributed by atoms with E-state index in [1.165, 1.54) is 0 Å². The van der Waals surface area contributed by atoms with Crippen molar-refractivity contribution in [3.8, 4) is 6.07 Å². The molecular formula is C21H24Cl2N4O. The molecule has 0 fully saturated rings. The van der Waals surface area contributed by atoms with Crippen LogP contribution in [0.5, 0.6) is 0 Å². The lowest BCUT2D eigenvalue weighted by atomic mass is 9.90. The van der Waals surface area contributed by atoms with Gasteiger partial charge in [0, 0.05) is 19.3 Å². The van der Waals surface area contributed by atoms with E-state index in [4.69, 9.17) is 23.2 Å². The lowest BCUT2D eigenvalue weighted by Crippen LogP contribution is -2.51. The molecule has 2 aromatic rings. The molecule has 7 heteroatoms. The summed E-state index contributed by atoms with van der Waals surface area (Å²) in [5, 5.41) is 13.3. The van der Waals surface area contributed by atoms with Crippen molar-refractivity contribution in [1.82, 2.24) is 15.2 Å². The van der Waals surface area contributed by atoms with Gasteiger partial charge >= 0.3 is 0 Å². The van der Waals surface area contributed by atoms with Crippen molar-refractivity contribution in [2.75, 3.05) is 6.54 Å². The molecule has 0 bridgehead atoms. The summed E-state index contributed by atoms with van der Waals surface area (Å²) in [5.74, 6) is -0.227. The highest BCUT2D eigenvalue weighted by Gasteiger charge is 2.30. The van der Waals surface area contributed by atoms with Crippen LogP contribution in [-0.2, 0) is 17.9 Å². The van der Waals surface area contributed by atoms with Gasteiger partial charge in [-0.15, -0.1) is 0 Å². The number of nitrogens with one attached hydrogen (secondary N) is 1. The van der Waals surface area contributed by atoms with E-state index in [1.54, 1.807) is 25.3 Å². The van der Waals surface area contributed by atoms with Crippen LogP contribution in [0.4, 0.5) is 0 Å². The Bertz CT molecular complexity index is 851. The van der Waals surface area contributed by atoms with E-state index in [2.05, 4.69) is 16.4 Å². The van der Waals surface area contributed by atoms with Crippen LogP contribution in [-0.4, -0.2) is 27.9 Å². The van der Waals surface area contributed by atoms with Crippen LogP contribution in [0, 0.1) is 17.2 Å². The zero-order chi connectivity index (χ0) is 20.7. The summed E-state index contributed by atoms with van der Waals surface area (Å²) in [5.41, 5.74) is 0.865. The third-order valence-corrected chi connectivity index (χ3v) is 5.39. The summed E-state index contributed by atoms with van der Waals surface area (Å²) < 4.78 is 0. The van der Waals surface area contributed by atoms with Gasteiger partial charge < -0.3 is 5.32 Å². The Labute approximate surface area is 176 Å². The van der Waals surface area contributed by atoms with Crippen LogP contribution in [0.1, 0.15) is 32.0 Å². The molecule has 0 radical (unpaired) electrons. The standard InChI is InChI=1S/C21H24Cl2N4O/c1-15(2)21(3,14-24)26-20(28)13-27(12-17-6-4-5-9-25-17)11-16-7-8-18(22)19(23)10-16/h4-10,15H,11-13H2,1-3H3,(H,26,28)/t21-/m1/s1. The number of hydrogen-bond acceptors (Lipinski definition) is 4. The number of carbonyl (C=O) groups excluding carboxylic acids is 1. The highest BCUT2D eigenvalue weighted by Crippen LogP contribution is 2.23. The number of benzene rings is 1. The van der Waals surface area contributed by atoms with Crippen LogP contribution in [0.2, 0.25) is 10.0 Å². The van der Waals surface area contributed by atoms with Crippen molar-refractivity contribution in [3.05, 3.63) is 63.9 Å². The normalized spacial score (nSPS) is 13.2. The molecule has 1 aromatic carbocycles. The highest BCUT2D eigenvalue weighted by atomic mass is 35.5. The number of pyridine rings is 1. The van der Waals surface area contributed by atoms with Crippen LogP contribution < -0.4 is 5.32 Å². The molecule has 5 nitrogen and oxygen atoms in total. The first-order chi connectivity index (χ1) is 13.2. The lowest BCUT2D eigenvalue weighted by molar-refractivity contribution is -0.124. The third kappa shape index (κ3) is 6.20. The monoisotopic (exact) mass is 418 g/mol. The number of nitrogens with zero attached hydrogens (tertiary/aromatic N) is 3. The largest absolute Gasteiger partial charge is 0.337 e. The number of halogens is 2. The molecule has 1 aromatic heterocycles. The molecule has 0 unspecified atom stereocenters. The van der Waals surface area contributed by atoms with Crippen LogP contribution in [0.15, 0.2) is 42.6 Å². The fourth-order valence-electron chi connectivity index (χ4n) is 2.62. The minimum Gasteiger partial charge on any atom is -0.337 e. The average molecular weight is 419 g/mol. The first kappa shape index (κ1) is 22.2. The minimum absolute atomic E-state index is 0.0132. The summed E-state index contributed by atoms with van der Waals surface area (Å²) >= 11 is 12.1. The van der Waals surface area contributed by atoms with E-state index in [-0.39, 0.29) is 18.4 Å². The van der Waals surface area contributed by atoms with E-state index in [0.29, 0.717) is 23.1 Å². The van der Waals surface area contributed by atoms with Gasteiger partial charge in [0.25, 0.3) is 0 Å². The van der Waals surface area contributed by atoms with Crippen LogP contribution in [0.3, 0.4) is 0 Å². The summed E-state index contributed by atoms with van der Waals surface area (Å²) in [6.07, 6.45) is 1.72.